The minimum atomic E-state index is -0.140. The van der Waals surface area contributed by atoms with Crippen molar-refractivity contribution in [2.24, 2.45) is 0 Å². The van der Waals surface area contributed by atoms with Crippen LogP contribution >= 0.6 is 11.8 Å². The van der Waals surface area contributed by atoms with E-state index in [4.69, 9.17) is 0 Å². The molecule has 0 aliphatic carbocycles. The third-order valence-electron chi connectivity index (χ3n) is 3.70. The number of aryl methyl sites for hydroxylation is 2. The van der Waals surface area contributed by atoms with Crippen molar-refractivity contribution in [3.8, 4) is 0 Å². The summed E-state index contributed by atoms with van der Waals surface area (Å²) < 4.78 is 0. The van der Waals surface area contributed by atoms with E-state index in [0.717, 1.165) is 18.6 Å². The predicted octanol–water partition coefficient (Wildman–Crippen LogP) is 4.31. The highest BCUT2D eigenvalue weighted by Crippen LogP contribution is 2.25. The van der Waals surface area contributed by atoms with E-state index in [0.29, 0.717) is 6.04 Å². The first-order chi connectivity index (χ1) is 9.86. The highest BCUT2D eigenvalue weighted by molar-refractivity contribution is 7.99. The van der Waals surface area contributed by atoms with E-state index in [2.05, 4.69) is 58.1 Å². The normalized spacial score (nSPS) is 14.4. The molecule has 0 heterocycles. The zero-order valence-electron chi connectivity index (χ0n) is 14.2. The lowest BCUT2D eigenvalue weighted by molar-refractivity contribution is 0.154. The molecule has 1 aromatic carbocycles. The quantitative estimate of drug-likeness (QED) is 0.526. The summed E-state index contributed by atoms with van der Waals surface area (Å²) in [6.45, 7) is 10.9. The van der Waals surface area contributed by atoms with Gasteiger partial charge in [0, 0.05) is 16.5 Å². The first-order valence-corrected chi connectivity index (χ1v) is 8.93. The van der Waals surface area contributed by atoms with Crippen LogP contribution in [0, 0.1) is 13.8 Å². The van der Waals surface area contributed by atoms with Crippen LogP contribution in [-0.2, 0) is 0 Å². The van der Waals surface area contributed by atoms with Crippen molar-refractivity contribution < 1.29 is 5.11 Å². The van der Waals surface area contributed by atoms with Gasteiger partial charge in [-0.3, -0.25) is 0 Å². The van der Waals surface area contributed by atoms with Crippen LogP contribution in [0.3, 0.4) is 0 Å². The van der Waals surface area contributed by atoms with Crippen molar-refractivity contribution in [1.82, 2.24) is 5.32 Å². The molecule has 1 atom stereocenters. The van der Waals surface area contributed by atoms with E-state index in [1.165, 1.54) is 22.4 Å². The molecule has 0 aliphatic rings. The van der Waals surface area contributed by atoms with Crippen LogP contribution in [-0.4, -0.2) is 29.0 Å². The number of benzene rings is 1. The summed E-state index contributed by atoms with van der Waals surface area (Å²) in [6.07, 6.45) is 3.36. The van der Waals surface area contributed by atoms with Gasteiger partial charge >= 0.3 is 0 Å². The monoisotopic (exact) mass is 309 g/mol. The Bertz CT molecular complexity index is 433. The Hall–Kier alpha value is -0.510. The number of hydrogen-bond donors (Lipinski definition) is 2. The average molecular weight is 310 g/mol. The molecule has 0 amide bonds. The topological polar surface area (TPSA) is 32.3 Å². The minimum Gasteiger partial charge on any atom is -0.394 e. The Morgan fingerprint density at radius 1 is 1.24 bits per heavy atom. The van der Waals surface area contributed by atoms with Crippen molar-refractivity contribution >= 4 is 11.8 Å². The van der Waals surface area contributed by atoms with Crippen molar-refractivity contribution in [3.05, 3.63) is 29.3 Å². The van der Waals surface area contributed by atoms with Crippen molar-refractivity contribution in [2.75, 3.05) is 12.4 Å². The molecular weight excluding hydrogens is 278 g/mol. The molecule has 1 unspecified atom stereocenters. The molecule has 0 aromatic heterocycles. The van der Waals surface area contributed by atoms with Crippen molar-refractivity contribution in [3.63, 3.8) is 0 Å². The molecule has 0 saturated carbocycles. The molecular formula is C18H31NOS. The van der Waals surface area contributed by atoms with E-state index in [1.54, 1.807) is 0 Å². The lowest BCUT2D eigenvalue weighted by atomic mass is 9.95. The fourth-order valence-electron chi connectivity index (χ4n) is 2.65. The van der Waals surface area contributed by atoms with Gasteiger partial charge < -0.3 is 10.4 Å². The molecule has 120 valence electrons. The van der Waals surface area contributed by atoms with Crippen LogP contribution in [0.25, 0.3) is 0 Å². The molecule has 0 radical (unpaired) electrons. The first-order valence-electron chi connectivity index (χ1n) is 7.95. The molecule has 0 bridgehead atoms. The standard InChI is InChI=1S/C18H31NOS/c1-14(2)19-18(5,13-20)10-6-7-11-21-17-9-8-15(3)12-16(17)4/h8-9,12,14,19-20H,6-7,10-11,13H2,1-5H3. The van der Waals surface area contributed by atoms with Crippen LogP contribution in [0.4, 0.5) is 0 Å². The summed E-state index contributed by atoms with van der Waals surface area (Å²) in [5.41, 5.74) is 2.57. The fourth-order valence-corrected chi connectivity index (χ4v) is 3.67. The van der Waals surface area contributed by atoms with Gasteiger partial charge in [-0.05, 0) is 51.0 Å². The summed E-state index contributed by atoms with van der Waals surface area (Å²) in [5.74, 6) is 1.15. The second kappa shape index (κ2) is 8.82. The number of rotatable bonds is 9. The van der Waals surface area contributed by atoms with E-state index >= 15 is 0 Å². The predicted molar refractivity (Wildman–Crippen MR) is 94.3 cm³/mol. The lowest BCUT2D eigenvalue weighted by Crippen LogP contribution is -2.49. The van der Waals surface area contributed by atoms with Gasteiger partial charge in [-0.25, -0.2) is 0 Å². The van der Waals surface area contributed by atoms with Gasteiger partial charge in [0.15, 0.2) is 0 Å². The largest absolute Gasteiger partial charge is 0.394 e. The molecule has 0 saturated heterocycles. The number of thioether (sulfide) groups is 1. The second-order valence-corrected chi connectivity index (χ2v) is 7.73. The summed E-state index contributed by atoms with van der Waals surface area (Å²) in [4.78, 5) is 1.39. The molecule has 1 rings (SSSR count). The molecule has 21 heavy (non-hydrogen) atoms. The molecule has 0 fully saturated rings. The van der Waals surface area contributed by atoms with Crippen LogP contribution < -0.4 is 5.32 Å². The molecule has 3 heteroatoms. The minimum absolute atomic E-state index is 0.140. The zero-order chi connectivity index (χ0) is 15.9. The number of aliphatic hydroxyl groups excluding tert-OH is 1. The van der Waals surface area contributed by atoms with Gasteiger partial charge in [0.1, 0.15) is 0 Å². The maximum atomic E-state index is 9.56. The smallest absolute Gasteiger partial charge is 0.0610 e. The van der Waals surface area contributed by atoms with E-state index < -0.39 is 0 Å². The average Bonchev–Trinajstić information content (AvgIpc) is 2.40. The SMILES string of the molecule is Cc1ccc(SCCCCC(C)(CO)NC(C)C)c(C)c1. The summed E-state index contributed by atoms with van der Waals surface area (Å²) >= 11 is 1.94. The molecule has 2 nitrogen and oxygen atoms in total. The maximum absolute atomic E-state index is 9.56. The van der Waals surface area contributed by atoms with Gasteiger partial charge in [0.05, 0.1) is 6.61 Å². The number of unbranched alkanes of at least 4 members (excludes halogenated alkanes) is 1. The van der Waals surface area contributed by atoms with Gasteiger partial charge in [0.25, 0.3) is 0 Å². The van der Waals surface area contributed by atoms with Gasteiger partial charge in [0.2, 0.25) is 0 Å². The summed E-state index contributed by atoms with van der Waals surface area (Å²) in [5, 5.41) is 13.0. The van der Waals surface area contributed by atoms with E-state index in [9.17, 15) is 5.11 Å². The Morgan fingerprint density at radius 2 is 1.95 bits per heavy atom. The molecule has 0 spiro atoms. The molecule has 1 aromatic rings. The Kier molecular flexibility index (Phi) is 7.78. The van der Waals surface area contributed by atoms with Crippen molar-refractivity contribution in [2.45, 2.75) is 70.4 Å². The van der Waals surface area contributed by atoms with Gasteiger partial charge in [-0.1, -0.05) is 38.0 Å². The fraction of sp³-hybridized carbons (Fsp3) is 0.667. The summed E-state index contributed by atoms with van der Waals surface area (Å²) in [7, 11) is 0. The Balaban J connectivity index is 2.30. The maximum Gasteiger partial charge on any atom is 0.0610 e. The third-order valence-corrected chi connectivity index (χ3v) is 4.96. The number of nitrogens with one attached hydrogen (secondary N) is 1. The molecule has 2 N–H and O–H groups in total. The third kappa shape index (κ3) is 6.86. The number of hydrogen-bond acceptors (Lipinski definition) is 3. The van der Waals surface area contributed by atoms with Crippen LogP contribution in [0.1, 0.15) is 51.2 Å². The van der Waals surface area contributed by atoms with Crippen LogP contribution in [0.15, 0.2) is 23.1 Å². The van der Waals surface area contributed by atoms with E-state index in [-0.39, 0.29) is 12.1 Å². The Morgan fingerprint density at radius 3 is 2.52 bits per heavy atom. The highest BCUT2D eigenvalue weighted by atomic mass is 32.2. The first kappa shape index (κ1) is 18.5. The number of aliphatic hydroxyl groups is 1. The zero-order valence-corrected chi connectivity index (χ0v) is 15.0. The second-order valence-electron chi connectivity index (χ2n) is 6.59. The van der Waals surface area contributed by atoms with Crippen LogP contribution in [0.2, 0.25) is 0 Å². The van der Waals surface area contributed by atoms with Crippen LogP contribution in [0.5, 0.6) is 0 Å². The molecule has 0 aliphatic heterocycles. The lowest BCUT2D eigenvalue weighted by Gasteiger charge is -2.31. The van der Waals surface area contributed by atoms with Gasteiger partial charge in [-0.2, -0.15) is 0 Å². The summed E-state index contributed by atoms with van der Waals surface area (Å²) in [6, 6.07) is 7.07. The van der Waals surface area contributed by atoms with Gasteiger partial charge in [-0.15, -0.1) is 11.8 Å². The Labute approximate surface area is 134 Å². The van der Waals surface area contributed by atoms with E-state index in [1.807, 2.05) is 11.8 Å². The van der Waals surface area contributed by atoms with Crippen molar-refractivity contribution in [1.29, 1.82) is 0 Å². The highest BCUT2D eigenvalue weighted by Gasteiger charge is 2.22.